The zero-order valence-corrected chi connectivity index (χ0v) is 13.8. The minimum atomic E-state index is -3.71. The Bertz CT molecular complexity index is 845. The molecule has 126 valence electrons. The number of nitrogens with zero attached hydrogens (tertiary/aromatic N) is 1. The van der Waals surface area contributed by atoms with E-state index in [0.29, 0.717) is 16.7 Å². The molecule has 0 heterocycles. The fraction of sp³-hybridized carbons (Fsp3) is 0.235. The highest BCUT2D eigenvalue weighted by molar-refractivity contribution is 7.88. The van der Waals surface area contributed by atoms with Gasteiger partial charge in [-0.3, -0.25) is 0 Å². The van der Waals surface area contributed by atoms with E-state index in [4.69, 9.17) is 5.26 Å². The van der Waals surface area contributed by atoms with E-state index >= 15 is 0 Å². The summed E-state index contributed by atoms with van der Waals surface area (Å²) in [6, 6.07) is 12.7. The SMILES string of the molecule is C[C@H](NS(=O)(=O)Cc1cccc(C#N)c1)[C@H](O)c1ccc(F)cc1. The molecule has 0 fully saturated rings. The van der Waals surface area contributed by atoms with Crippen molar-refractivity contribution < 1.29 is 17.9 Å². The van der Waals surface area contributed by atoms with Crippen LogP contribution >= 0.6 is 0 Å². The molecule has 0 unspecified atom stereocenters. The van der Waals surface area contributed by atoms with Crippen LogP contribution < -0.4 is 4.72 Å². The quantitative estimate of drug-likeness (QED) is 0.838. The standard InChI is InChI=1S/C17H17FN2O3S/c1-12(17(21)15-5-7-16(18)8-6-15)20-24(22,23)11-14-4-2-3-13(9-14)10-19/h2-9,12,17,20-21H,11H2,1H3/t12-,17-/m0/s1. The average Bonchev–Trinajstić information content (AvgIpc) is 2.54. The van der Waals surface area contributed by atoms with Crippen LogP contribution in [0.5, 0.6) is 0 Å². The van der Waals surface area contributed by atoms with Crippen LogP contribution in [0.2, 0.25) is 0 Å². The van der Waals surface area contributed by atoms with Gasteiger partial charge in [-0.15, -0.1) is 0 Å². The summed E-state index contributed by atoms with van der Waals surface area (Å²) in [5.41, 5.74) is 1.27. The molecule has 2 aromatic rings. The van der Waals surface area contributed by atoms with Crippen molar-refractivity contribution >= 4 is 10.0 Å². The molecule has 24 heavy (non-hydrogen) atoms. The molecule has 0 aliphatic carbocycles. The van der Waals surface area contributed by atoms with E-state index in [1.165, 1.54) is 37.3 Å². The predicted octanol–water partition coefficient (Wildman–Crippen LogP) is 2.24. The monoisotopic (exact) mass is 348 g/mol. The molecule has 0 aliphatic heterocycles. The van der Waals surface area contributed by atoms with Gasteiger partial charge in [-0.2, -0.15) is 5.26 Å². The van der Waals surface area contributed by atoms with Gasteiger partial charge in [0.1, 0.15) is 5.82 Å². The fourth-order valence-corrected chi connectivity index (χ4v) is 3.69. The zero-order valence-electron chi connectivity index (χ0n) is 13.0. The molecule has 5 nitrogen and oxygen atoms in total. The van der Waals surface area contributed by atoms with Gasteiger partial charge in [0.25, 0.3) is 0 Å². The number of sulfonamides is 1. The zero-order chi connectivity index (χ0) is 17.7. The van der Waals surface area contributed by atoms with E-state index in [1.54, 1.807) is 18.2 Å². The van der Waals surface area contributed by atoms with Crippen molar-refractivity contribution in [2.45, 2.75) is 24.8 Å². The van der Waals surface area contributed by atoms with Gasteiger partial charge >= 0.3 is 0 Å². The Hall–Kier alpha value is -2.27. The van der Waals surface area contributed by atoms with Crippen molar-refractivity contribution in [3.05, 3.63) is 71.0 Å². The largest absolute Gasteiger partial charge is 0.387 e. The molecule has 0 amide bonds. The Morgan fingerprint density at radius 1 is 1.25 bits per heavy atom. The summed E-state index contributed by atoms with van der Waals surface area (Å²) in [6.07, 6.45) is -1.11. The lowest BCUT2D eigenvalue weighted by Gasteiger charge is -2.20. The van der Waals surface area contributed by atoms with Gasteiger partial charge in [0.05, 0.1) is 23.5 Å². The lowest BCUT2D eigenvalue weighted by molar-refractivity contribution is 0.146. The number of hydrogen-bond donors (Lipinski definition) is 2. The third-order valence-corrected chi connectivity index (χ3v) is 4.91. The molecule has 0 radical (unpaired) electrons. The molecule has 0 saturated carbocycles. The highest BCUT2D eigenvalue weighted by atomic mass is 32.2. The average molecular weight is 348 g/mol. The Balaban J connectivity index is 2.07. The molecule has 0 saturated heterocycles. The van der Waals surface area contributed by atoms with Crippen molar-refractivity contribution in [1.29, 1.82) is 5.26 Å². The number of benzene rings is 2. The fourth-order valence-electron chi connectivity index (χ4n) is 2.29. The Morgan fingerprint density at radius 3 is 2.54 bits per heavy atom. The maximum absolute atomic E-state index is 12.9. The lowest BCUT2D eigenvalue weighted by atomic mass is 10.0. The second-order valence-electron chi connectivity index (χ2n) is 5.47. The maximum atomic E-state index is 12.9. The van der Waals surface area contributed by atoms with Crippen molar-refractivity contribution in [2.24, 2.45) is 0 Å². The van der Waals surface area contributed by atoms with Crippen molar-refractivity contribution in [3.63, 3.8) is 0 Å². The number of nitriles is 1. The normalized spacial score (nSPS) is 13.9. The molecule has 0 aliphatic rings. The number of hydrogen-bond acceptors (Lipinski definition) is 4. The minimum Gasteiger partial charge on any atom is -0.387 e. The highest BCUT2D eigenvalue weighted by Gasteiger charge is 2.22. The first-order valence-electron chi connectivity index (χ1n) is 7.23. The van der Waals surface area contributed by atoms with E-state index in [0.717, 1.165) is 0 Å². The molecule has 2 N–H and O–H groups in total. The first-order valence-corrected chi connectivity index (χ1v) is 8.88. The number of halogens is 1. The van der Waals surface area contributed by atoms with Gasteiger partial charge in [-0.1, -0.05) is 24.3 Å². The summed E-state index contributed by atoms with van der Waals surface area (Å²) in [7, 11) is -3.71. The molecule has 0 spiro atoms. The summed E-state index contributed by atoms with van der Waals surface area (Å²) in [6.45, 7) is 1.53. The van der Waals surface area contributed by atoms with Crippen LogP contribution in [0.25, 0.3) is 0 Å². The molecule has 0 aromatic heterocycles. The summed E-state index contributed by atoms with van der Waals surface area (Å²) in [5.74, 6) is -0.736. The van der Waals surface area contributed by atoms with Crippen LogP contribution in [-0.4, -0.2) is 19.6 Å². The molecule has 2 atom stereocenters. The predicted molar refractivity (Wildman–Crippen MR) is 87.7 cm³/mol. The van der Waals surface area contributed by atoms with Gasteiger partial charge in [0.15, 0.2) is 0 Å². The van der Waals surface area contributed by atoms with E-state index in [1.807, 2.05) is 6.07 Å². The van der Waals surface area contributed by atoms with Gasteiger partial charge in [-0.05, 0) is 42.3 Å². The number of aliphatic hydroxyl groups excluding tert-OH is 1. The van der Waals surface area contributed by atoms with E-state index in [2.05, 4.69) is 4.72 Å². The lowest BCUT2D eigenvalue weighted by Crippen LogP contribution is -2.37. The van der Waals surface area contributed by atoms with Crippen molar-refractivity contribution in [2.75, 3.05) is 0 Å². The second-order valence-corrected chi connectivity index (χ2v) is 7.23. The maximum Gasteiger partial charge on any atom is 0.216 e. The van der Waals surface area contributed by atoms with Crippen LogP contribution in [0, 0.1) is 17.1 Å². The Morgan fingerprint density at radius 2 is 1.92 bits per heavy atom. The van der Waals surface area contributed by atoms with Crippen LogP contribution in [0.4, 0.5) is 4.39 Å². The Kier molecular flexibility index (Phi) is 5.67. The smallest absolute Gasteiger partial charge is 0.216 e. The molecule has 0 bridgehead atoms. The summed E-state index contributed by atoms with van der Waals surface area (Å²) in [4.78, 5) is 0. The number of rotatable bonds is 6. The highest BCUT2D eigenvalue weighted by Crippen LogP contribution is 2.18. The van der Waals surface area contributed by atoms with Crippen molar-refractivity contribution in [1.82, 2.24) is 4.72 Å². The van der Waals surface area contributed by atoms with Gasteiger partial charge < -0.3 is 5.11 Å². The molecule has 7 heteroatoms. The van der Waals surface area contributed by atoms with Crippen LogP contribution in [-0.2, 0) is 15.8 Å². The first kappa shape index (κ1) is 18.1. The van der Waals surface area contributed by atoms with Gasteiger partial charge in [-0.25, -0.2) is 17.5 Å². The van der Waals surface area contributed by atoms with Crippen molar-refractivity contribution in [3.8, 4) is 6.07 Å². The summed E-state index contributed by atoms with van der Waals surface area (Å²) in [5, 5.41) is 19.0. The van der Waals surface area contributed by atoms with E-state index < -0.39 is 28.0 Å². The van der Waals surface area contributed by atoms with Gasteiger partial charge in [0, 0.05) is 6.04 Å². The minimum absolute atomic E-state index is 0.303. The van der Waals surface area contributed by atoms with Crippen LogP contribution in [0.1, 0.15) is 29.7 Å². The third-order valence-electron chi connectivity index (χ3n) is 3.46. The van der Waals surface area contributed by atoms with Crippen LogP contribution in [0.3, 0.4) is 0 Å². The summed E-state index contributed by atoms with van der Waals surface area (Å²) >= 11 is 0. The number of aliphatic hydroxyl groups is 1. The molecule has 2 rings (SSSR count). The van der Waals surface area contributed by atoms with E-state index in [-0.39, 0.29) is 5.75 Å². The Labute approximate surface area is 140 Å². The summed E-state index contributed by atoms with van der Waals surface area (Å²) < 4.78 is 39.8. The molecular formula is C17H17FN2O3S. The first-order chi connectivity index (χ1) is 11.3. The van der Waals surface area contributed by atoms with Gasteiger partial charge in [0.2, 0.25) is 10.0 Å². The topological polar surface area (TPSA) is 90.2 Å². The second kappa shape index (κ2) is 7.53. The molecule has 2 aromatic carbocycles. The number of nitrogens with one attached hydrogen (secondary N) is 1. The third kappa shape index (κ3) is 4.86. The van der Waals surface area contributed by atoms with E-state index in [9.17, 15) is 17.9 Å². The molecular weight excluding hydrogens is 331 g/mol. The van der Waals surface area contributed by atoms with Crippen LogP contribution in [0.15, 0.2) is 48.5 Å².